The predicted molar refractivity (Wildman–Crippen MR) is 74.9 cm³/mol. The van der Waals surface area contributed by atoms with E-state index < -0.39 is 0 Å². The molecule has 3 nitrogen and oxygen atoms in total. The lowest BCUT2D eigenvalue weighted by Gasteiger charge is -2.16. The summed E-state index contributed by atoms with van der Waals surface area (Å²) in [5.74, 6) is 1.04. The van der Waals surface area contributed by atoms with E-state index in [1.807, 2.05) is 19.1 Å². The van der Waals surface area contributed by atoms with E-state index in [1.54, 1.807) is 0 Å². The molecule has 0 fully saturated rings. The van der Waals surface area contributed by atoms with E-state index in [9.17, 15) is 0 Å². The Hall–Kier alpha value is -1.06. The van der Waals surface area contributed by atoms with Crippen LogP contribution in [0.2, 0.25) is 0 Å². The van der Waals surface area contributed by atoms with Gasteiger partial charge in [-0.3, -0.25) is 0 Å². The van der Waals surface area contributed by atoms with Gasteiger partial charge in [-0.1, -0.05) is 26.0 Å². The van der Waals surface area contributed by atoms with Gasteiger partial charge in [0.2, 0.25) is 0 Å². The van der Waals surface area contributed by atoms with Gasteiger partial charge < -0.3 is 15.2 Å². The predicted octanol–water partition coefficient (Wildman–Crippen LogP) is 2.75. The maximum atomic E-state index is 8.96. The fraction of sp³-hybridized carbons (Fsp3) is 0.600. The molecule has 0 spiro atoms. The molecule has 1 aromatic carbocycles. The van der Waals surface area contributed by atoms with Crippen LogP contribution in [0.15, 0.2) is 24.3 Å². The Labute approximate surface area is 110 Å². The summed E-state index contributed by atoms with van der Waals surface area (Å²) < 4.78 is 5.67. The highest BCUT2D eigenvalue weighted by Crippen LogP contribution is 2.19. The Morgan fingerprint density at radius 2 is 2.11 bits per heavy atom. The van der Waals surface area contributed by atoms with Crippen LogP contribution in [0.1, 0.15) is 38.8 Å². The van der Waals surface area contributed by atoms with E-state index in [1.165, 1.54) is 5.56 Å². The van der Waals surface area contributed by atoms with E-state index >= 15 is 0 Å². The van der Waals surface area contributed by atoms with Crippen molar-refractivity contribution in [1.82, 2.24) is 5.32 Å². The Kier molecular flexibility index (Phi) is 6.76. The molecule has 0 aliphatic carbocycles. The first-order valence-electron chi connectivity index (χ1n) is 6.74. The number of hydrogen-bond acceptors (Lipinski definition) is 3. The minimum Gasteiger partial charge on any atom is -0.493 e. The molecule has 0 saturated heterocycles. The number of benzene rings is 1. The van der Waals surface area contributed by atoms with Crippen LogP contribution in [0, 0.1) is 5.92 Å². The molecule has 0 aliphatic rings. The number of hydrogen-bond donors (Lipinski definition) is 2. The molecular formula is C15H25NO2. The third kappa shape index (κ3) is 5.07. The summed E-state index contributed by atoms with van der Waals surface area (Å²) in [6, 6.07) is 8.48. The van der Waals surface area contributed by atoms with Gasteiger partial charge in [-0.2, -0.15) is 0 Å². The molecule has 2 N–H and O–H groups in total. The molecule has 0 aromatic heterocycles. The van der Waals surface area contributed by atoms with Gasteiger partial charge in [0.05, 0.1) is 6.61 Å². The van der Waals surface area contributed by atoms with Gasteiger partial charge in [0.1, 0.15) is 5.75 Å². The second-order valence-corrected chi connectivity index (χ2v) is 4.85. The molecule has 0 saturated carbocycles. The van der Waals surface area contributed by atoms with Crippen LogP contribution in [0.25, 0.3) is 0 Å². The van der Waals surface area contributed by atoms with Gasteiger partial charge in [0.25, 0.3) is 0 Å². The lowest BCUT2D eigenvalue weighted by Crippen LogP contribution is -2.19. The highest BCUT2D eigenvalue weighted by atomic mass is 16.5. The molecule has 0 radical (unpaired) electrons. The average molecular weight is 251 g/mol. The molecule has 102 valence electrons. The normalized spacial score (nSPS) is 14.2. The highest BCUT2D eigenvalue weighted by Gasteiger charge is 2.06. The molecule has 18 heavy (non-hydrogen) atoms. The van der Waals surface area contributed by atoms with Crippen molar-refractivity contribution in [2.24, 2.45) is 5.92 Å². The quantitative estimate of drug-likeness (QED) is 0.746. The number of ether oxygens (including phenoxy) is 1. The fourth-order valence-corrected chi connectivity index (χ4v) is 1.64. The number of nitrogens with one attached hydrogen (secondary N) is 1. The van der Waals surface area contributed by atoms with Crippen molar-refractivity contribution in [1.29, 1.82) is 0 Å². The van der Waals surface area contributed by atoms with E-state index in [0.717, 1.165) is 18.7 Å². The maximum absolute atomic E-state index is 8.96. The second-order valence-electron chi connectivity index (χ2n) is 4.85. The summed E-state index contributed by atoms with van der Waals surface area (Å²) in [6.07, 6.45) is 1.13. The smallest absolute Gasteiger partial charge is 0.119 e. The lowest BCUT2D eigenvalue weighted by molar-refractivity contribution is 0.174. The van der Waals surface area contributed by atoms with Crippen LogP contribution in [0.4, 0.5) is 0 Å². The molecular weight excluding hydrogens is 226 g/mol. The van der Waals surface area contributed by atoms with Crippen molar-refractivity contribution >= 4 is 0 Å². The molecule has 0 amide bonds. The zero-order chi connectivity index (χ0) is 13.4. The van der Waals surface area contributed by atoms with Gasteiger partial charge in [-0.05, 0) is 37.6 Å². The maximum Gasteiger partial charge on any atom is 0.119 e. The third-order valence-electron chi connectivity index (χ3n) is 2.90. The molecule has 0 bridgehead atoms. The van der Waals surface area contributed by atoms with Crippen LogP contribution in [-0.2, 0) is 0 Å². The van der Waals surface area contributed by atoms with Crippen molar-refractivity contribution in [3.05, 3.63) is 29.8 Å². The monoisotopic (exact) mass is 251 g/mol. The summed E-state index contributed by atoms with van der Waals surface area (Å²) in [5.41, 5.74) is 1.23. The summed E-state index contributed by atoms with van der Waals surface area (Å²) in [7, 11) is 0. The molecule has 3 heteroatoms. The molecule has 2 unspecified atom stereocenters. The van der Waals surface area contributed by atoms with Gasteiger partial charge >= 0.3 is 0 Å². The lowest BCUT2D eigenvalue weighted by atomic mass is 10.1. The second kappa shape index (κ2) is 8.11. The van der Waals surface area contributed by atoms with Crippen molar-refractivity contribution in [2.45, 2.75) is 33.2 Å². The van der Waals surface area contributed by atoms with E-state index in [4.69, 9.17) is 9.84 Å². The van der Waals surface area contributed by atoms with Crippen LogP contribution in [-0.4, -0.2) is 24.9 Å². The molecule has 1 aromatic rings. The van der Waals surface area contributed by atoms with Gasteiger partial charge in [0.15, 0.2) is 0 Å². The zero-order valence-corrected chi connectivity index (χ0v) is 11.6. The summed E-state index contributed by atoms with van der Waals surface area (Å²) in [6.45, 7) is 8.02. The van der Waals surface area contributed by atoms with E-state index in [-0.39, 0.29) is 12.5 Å². The first-order valence-corrected chi connectivity index (χ1v) is 6.74. The van der Waals surface area contributed by atoms with E-state index in [2.05, 4.69) is 31.3 Å². The topological polar surface area (TPSA) is 41.5 Å². The Bertz CT molecular complexity index is 341. The molecule has 2 atom stereocenters. The van der Waals surface area contributed by atoms with Crippen LogP contribution >= 0.6 is 0 Å². The summed E-state index contributed by atoms with van der Waals surface area (Å²) in [4.78, 5) is 0. The van der Waals surface area contributed by atoms with Gasteiger partial charge in [-0.25, -0.2) is 0 Å². The zero-order valence-electron chi connectivity index (χ0n) is 11.6. The minimum atomic E-state index is 0.161. The molecule has 0 heterocycles. The van der Waals surface area contributed by atoms with Crippen molar-refractivity contribution in [3.63, 3.8) is 0 Å². The first-order chi connectivity index (χ1) is 8.67. The number of aliphatic hydroxyl groups is 1. The van der Waals surface area contributed by atoms with Crippen LogP contribution in [0.3, 0.4) is 0 Å². The highest BCUT2D eigenvalue weighted by molar-refractivity contribution is 5.30. The standard InChI is InChI=1S/C15H25NO2/c1-4-8-16-13(3)14-6-5-7-15(9-14)18-11-12(2)10-17/h5-7,9,12-13,16-17H,4,8,10-11H2,1-3H3. The Balaban J connectivity index is 2.55. The molecule has 1 rings (SSSR count). The third-order valence-corrected chi connectivity index (χ3v) is 2.90. The average Bonchev–Trinajstić information content (AvgIpc) is 2.42. The van der Waals surface area contributed by atoms with Crippen molar-refractivity contribution in [2.75, 3.05) is 19.8 Å². The largest absolute Gasteiger partial charge is 0.493 e. The minimum absolute atomic E-state index is 0.161. The van der Waals surface area contributed by atoms with Gasteiger partial charge in [-0.15, -0.1) is 0 Å². The van der Waals surface area contributed by atoms with Crippen molar-refractivity contribution in [3.8, 4) is 5.75 Å². The molecule has 0 aliphatic heterocycles. The SMILES string of the molecule is CCCNC(C)c1cccc(OCC(C)CO)c1. The summed E-state index contributed by atoms with van der Waals surface area (Å²) in [5, 5.41) is 12.4. The number of rotatable bonds is 8. The Morgan fingerprint density at radius 1 is 1.33 bits per heavy atom. The van der Waals surface area contributed by atoms with Crippen LogP contribution < -0.4 is 10.1 Å². The first kappa shape index (κ1) is 15.0. The van der Waals surface area contributed by atoms with Crippen molar-refractivity contribution < 1.29 is 9.84 Å². The summed E-state index contributed by atoms with van der Waals surface area (Å²) >= 11 is 0. The number of aliphatic hydroxyl groups excluding tert-OH is 1. The van der Waals surface area contributed by atoms with E-state index in [0.29, 0.717) is 12.6 Å². The Morgan fingerprint density at radius 3 is 2.78 bits per heavy atom. The van der Waals surface area contributed by atoms with Crippen LogP contribution in [0.5, 0.6) is 5.75 Å². The van der Waals surface area contributed by atoms with Gasteiger partial charge in [0, 0.05) is 18.6 Å². The fourth-order valence-electron chi connectivity index (χ4n) is 1.64.